The van der Waals surface area contributed by atoms with Crippen LogP contribution in [0.3, 0.4) is 0 Å². The van der Waals surface area contributed by atoms with Crippen molar-refractivity contribution in [2.45, 2.75) is 57.7 Å². The normalized spacial score (nSPS) is 24.2. The first-order valence-corrected chi connectivity index (χ1v) is 8.48. The van der Waals surface area contributed by atoms with Crippen LogP contribution in [0.15, 0.2) is 24.3 Å². The molecule has 1 aromatic carbocycles. The number of carbonyl (C=O) groups is 1. The van der Waals surface area contributed by atoms with Crippen molar-refractivity contribution in [3.05, 3.63) is 29.8 Å². The molecular weight excluding hydrogens is 312 g/mol. The molecule has 0 radical (unpaired) electrons. The van der Waals surface area contributed by atoms with E-state index >= 15 is 0 Å². The number of amides is 1. The first-order valence-electron chi connectivity index (χ1n) is 8.48. The quantitative estimate of drug-likeness (QED) is 0.867. The third-order valence-corrected chi connectivity index (χ3v) is 4.77. The highest BCUT2D eigenvalue weighted by Crippen LogP contribution is 2.27. The molecular formula is C18H27ClN2O2. The smallest absolute Gasteiger partial charge is 0.223 e. The first-order chi connectivity index (χ1) is 10.7. The minimum Gasteiger partial charge on any atom is -0.490 e. The van der Waals surface area contributed by atoms with E-state index in [1.54, 1.807) is 0 Å². The number of rotatable bonds is 5. The number of piperidine rings is 1. The van der Waals surface area contributed by atoms with E-state index in [4.69, 9.17) is 4.74 Å². The van der Waals surface area contributed by atoms with Crippen molar-refractivity contribution in [1.82, 2.24) is 10.6 Å². The van der Waals surface area contributed by atoms with Gasteiger partial charge in [0.2, 0.25) is 5.91 Å². The number of nitrogens with one attached hydrogen (secondary N) is 2. The molecule has 23 heavy (non-hydrogen) atoms. The molecule has 0 spiro atoms. The van der Waals surface area contributed by atoms with Crippen molar-refractivity contribution in [1.29, 1.82) is 0 Å². The van der Waals surface area contributed by atoms with Gasteiger partial charge in [-0.2, -0.15) is 0 Å². The van der Waals surface area contributed by atoms with Crippen LogP contribution in [-0.4, -0.2) is 24.6 Å². The predicted octanol–water partition coefficient (Wildman–Crippen LogP) is 3.04. The SMILES string of the molecule is C[C@H]1C[C@@H](C(=O)NCc2ccccc2OC2CCC2)CCN1.Cl. The first kappa shape index (κ1) is 18.1. The molecule has 2 fully saturated rings. The van der Waals surface area contributed by atoms with Crippen LogP contribution in [0, 0.1) is 5.92 Å². The lowest BCUT2D eigenvalue weighted by Gasteiger charge is -2.28. The molecule has 1 heterocycles. The van der Waals surface area contributed by atoms with Gasteiger partial charge in [-0.15, -0.1) is 12.4 Å². The Morgan fingerprint density at radius 1 is 1.30 bits per heavy atom. The van der Waals surface area contributed by atoms with Crippen LogP contribution in [0.5, 0.6) is 5.75 Å². The second-order valence-electron chi connectivity index (χ2n) is 6.57. The van der Waals surface area contributed by atoms with E-state index in [1.165, 1.54) is 6.42 Å². The number of hydrogen-bond donors (Lipinski definition) is 2. The standard InChI is InChI=1S/C18H26N2O2.ClH/c1-13-11-14(9-10-19-13)18(21)20-12-15-5-2-3-8-17(15)22-16-6-4-7-16;/h2-3,5,8,13-14,16,19H,4,6-7,9-12H2,1H3,(H,20,21);1H/t13-,14-;/m0./s1. The highest BCUT2D eigenvalue weighted by molar-refractivity contribution is 5.85. The Bertz CT molecular complexity index is 519. The topological polar surface area (TPSA) is 50.4 Å². The summed E-state index contributed by atoms with van der Waals surface area (Å²) in [5.41, 5.74) is 1.07. The Balaban J connectivity index is 0.00000192. The Morgan fingerprint density at radius 2 is 2.09 bits per heavy atom. The maximum atomic E-state index is 12.3. The fourth-order valence-corrected chi connectivity index (χ4v) is 3.13. The lowest BCUT2D eigenvalue weighted by atomic mass is 9.92. The van der Waals surface area contributed by atoms with Crippen LogP contribution in [-0.2, 0) is 11.3 Å². The fraction of sp³-hybridized carbons (Fsp3) is 0.611. The van der Waals surface area contributed by atoms with Crippen LogP contribution in [0.25, 0.3) is 0 Å². The molecule has 2 aliphatic rings. The van der Waals surface area contributed by atoms with Crippen molar-refractivity contribution in [3.8, 4) is 5.75 Å². The molecule has 4 nitrogen and oxygen atoms in total. The minimum absolute atomic E-state index is 0. The van der Waals surface area contributed by atoms with Gasteiger partial charge in [-0.3, -0.25) is 4.79 Å². The van der Waals surface area contributed by atoms with Gasteiger partial charge in [0.15, 0.2) is 0 Å². The number of carbonyl (C=O) groups excluding carboxylic acids is 1. The van der Waals surface area contributed by atoms with Gasteiger partial charge < -0.3 is 15.4 Å². The number of benzene rings is 1. The molecule has 2 N–H and O–H groups in total. The van der Waals surface area contributed by atoms with Gasteiger partial charge in [0, 0.05) is 24.1 Å². The minimum atomic E-state index is 0. The monoisotopic (exact) mass is 338 g/mol. The van der Waals surface area contributed by atoms with Gasteiger partial charge in [-0.1, -0.05) is 18.2 Å². The summed E-state index contributed by atoms with van der Waals surface area (Å²) < 4.78 is 6.01. The zero-order chi connectivity index (χ0) is 15.4. The predicted molar refractivity (Wildman–Crippen MR) is 94.0 cm³/mol. The molecule has 1 amide bonds. The third-order valence-electron chi connectivity index (χ3n) is 4.77. The second kappa shape index (κ2) is 8.55. The zero-order valence-corrected chi connectivity index (χ0v) is 14.5. The largest absolute Gasteiger partial charge is 0.490 e. The van der Waals surface area contributed by atoms with Crippen LogP contribution in [0.4, 0.5) is 0 Å². The molecule has 0 aromatic heterocycles. The van der Waals surface area contributed by atoms with Crippen molar-refractivity contribution < 1.29 is 9.53 Å². The molecule has 3 rings (SSSR count). The zero-order valence-electron chi connectivity index (χ0n) is 13.7. The summed E-state index contributed by atoms with van der Waals surface area (Å²) in [6.45, 7) is 3.63. The fourth-order valence-electron chi connectivity index (χ4n) is 3.13. The van der Waals surface area contributed by atoms with E-state index in [0.717, 1.165) is 43.5 Å². The average Bonchev–Trinajstić information content (AvgIpc) is 2.49. The maximum Gasteiger partial charge on any atom is 0.223 e. The molecule has 1 aliphatic carbocycles. The highest BCUT2D eigenvalue weighted by Gasteiger charge is 2.25. The van der Waals surface area contributed by atoms with E-state index in [0.29, 0.717) is 18.7 Å². The lowest BCUT2D eigenvalue weighted by Crippen LogP contribution is -2.42. The molecule has 0 unspecified atom stereocenters. The average molecular weight is 339 g/mol. The lowest BCUT2D eigenvalue weighted by molar-refractivity contribution is -0.126. The van der Waals surface area contributed by atoms with Crippen molar-refractivity contribution in [2.24, 2.45) is 5.92 Å². The molecule has 0 bridgehead atoms. The summed E-state index contributed by atoms with van der Waals surface area (Å²) in [4.78, 5) is 12.3. The van der Waals surface area contributed by atoms with E-state index in [9.17, 15) is 4.79 Å². The summed E-state index contributed by atoms with van der Waals surface area (Å²) in [6, 6.07) is 8.47. The van der Waals surface area contributed by atoms with Gasteiger partial charge in [-0.25, -0.2) is 0 Å². The Kier molecular flexibility index (Phi) is 6.72. The van der Waals surface area contributed by atoms with E-state index in [2.05, 4.69) is 17.6 Å². The van der Waals surface area contributed by atoms with Crippen LogP contribution in [0.1, 0.15) is 44.6 Å². The Morgan fingerprint density at radius 3 is 2.78 bits per heavy atom. The third kappa shape index (κ3) is 4.85. The summed E-state index contributed by atoms with van der Waals surface area (Å²) in [5, 5.41) is 6.48. The van der Waals surface area contributed by atoms with Gasteiger partial charge >= 0.3 is 0 Å². The van der Waals surface area contributed by atoms with Gasteiger partial charge in [0.1, 0.15) is 5.75 Å². The van der Waals surface area contributed by atoms with Crippen LogP contribution >= 0.6 is 12.4 Å². The van der Waals surface area contributed by atoms with Gasteiger partial charge in [-0.05, 0) is 51.6 Å². The van der Waals surface area contributed by atoms with Crippen molar-refractivity contribution >= 4 is 18.3 Å². The van der Waals surface area contributed by atoms with Gasteiger partial charge in [0.05, 0.1) is 6.10 Å². The van der Waals surface area contributed by atoms with E-state index in [-0.39, 0.29) is 24.2 Å². The van der Waals surface area contributed by atoms with Crippen molar-refractivity contribution in [3.63, 3.8) is 0 Å². The number of para-hydroxylation sites is 1. The number of hydrogen-bond acceptors (Lipinski definition) is 3. The summed E-state index contributed by atoms with van der Waals surface area (Å²) in [5.74, 6) is 1.23. The Hall–Kier alpha value is -1.26. The molecule has 1 saturated heterocycles. The molecule has 1 aliphatic heterocycles. The maximum absolute atomic E-state index is 12.3. The van der Waals surface area contributed by atoms with Crippen LogP contribution in [0.2, 0.25) is 0 Å². The summed E-state index contributed by atoms with van der Waals surface area (Å²) in [7, 11) is 0. The Labute approximate surface area is 144 Å². The number of halogens is 1. The van der Waals surface area contributed by atoms with Crippen molar-refractivity contribution in [2.75, 3.05) is 6.54 Å². The second-order valence-corrected chi connectivity index (χ2v) is 6.57. The van der Waals surface area contributed by atoms with Gasteiger partial charge in [0.25, 0.3) is 0 Å². The summed E-state index contributed by atoms with van der Waals surface area (Å²) in [6.07, 6.45) is 5.77. The number of ether oxygens (including phenoxy) is 1. The molecule has 5 heteroatoms. The highest BCUT2D eigenvalue weighted by atomic mass is 35.5. The van der Waals surface area contributed by atoms with E-state index < -0.39 is 0 Å². The molecule has 1 saturated carbocycles. The van der Waals surface area contributed by atoms with E-state index in [1.807, 2.05) is 24.3 Å². The van der Waals surface area contributed by atoms with Crippen LogP contribution < -0.4 is 15.4 Å². The molecule has 1 aromatic rings. The summed E-state index contributed by atoms with van der Waals surface area (Å²) >= 11 is 0. The molecule has 2 atom stereocenters. The molecule has 128 valence electrons.